The maximum absolute atomic E-state index is 14.4. The molecule has 3 aromatic heterocycles. The smallest absolute Gasteiger partial charge is 0.355 e. The molecule has 53 heavy (non-hydrogen) atoms. The van der Waals surface area contributed by atoms with Gasteiger partial charge in [-0.15, -0.1) is 0 Å². The normalized spacial score (nSPS) is 25.1. The third-order valence-corrected chi connectivity index (χ3v) is 11.3. The maximum atomic E-state index is 14.4. The van der Waals surface area contributed by atoms with Gasteiger partial charge in [-0.2, -0.15) is 18.3 Å². The van der Waals surface area contributed by atoms with Crippen molar-refractivity contribution in [3.8, 4) is 11.1 Å². The van der Waals surface area contributed by atoms with E-state index < -0.39 is 41.2 Å². The van der Waals surface area contributed by atoms with Gasteiger partial charge >= 0.3 is 6.18 Å². The SMILES string of the molecule is CC(=O)c1nn2c3c(cc(-c4cnc(C)nc4)cc13)CCC(C)C(C)CCC(=O)NC[C@@]13C[C@@H](C(=O)Nc4cccc(C(F)(F)F)n4)N(C(=O)C2)[C@@H]1C3. The van der Waals surface area contributed by atoms with Gasteiger partial charge in [-0.1, -0.05) is 19.9 Å². The number of alkyl halides is 3. The molecule has 1 aromatic carbocycles. The number of rotatable bonds is 4. The van der Waals surface area contributed by atoms with E-state index >= 15 is 0 Å². The van der Waals surface area contributed by atoms with E-state index in [2.05, 4.69) is 44.5 Å². The molecule has 3 amide bonds. The second-order valence-corrected chi connectivity index (χ2v) is 14.9. The van der Waals surface area contributed by atoms with Crippen molar-refractivity contribution >= 4 is 40.2 Å². The van der Waals surface area contributed by atoms with E-state index in [0.717, 1.165) is 35.2 Å². The highest BCUT2D eigenvalue weighted by Crippen LogP contribution is 2.59. The zero-order chi connectivity index (χ0) is 37.8. The highest BCUT2D eigenvalue weighted by molar-refractivity contribution is 6.07. The van der Waals surface area contributed by atoms with Crippen LogP contribution in [0, 0.1) is 24.2 Å². The number of ketones is 1. The first-order chi connectivity index (χ1) is 25.1. The number of benzene rings is 1. The van der Waals surface area contributed by atoms with Crippen molar-refractivity contribution in [2.45, 2.75) is 91.0 Å². The topological polar surface area (TPSA) is 152 Å². The monoisotopic (exact) mass is 730 g/mol. The Morgan fingerprint density at radius 1 is 1.00 bits per heavy atom. The highest BCUT2D eigenvalue weighted by Gasteiger charge is 2.67. The van der Waals surface area contributed by atoms with E-state index in [1.54, 1.807) is 24.0 Å². The Balaban J connectivity index is 1.29. The first-order valence-electron chi connectivity index (χ1n) is 17.9. The molecule has 2 bridgehead atoms. The van der Waals surface area contributed by atoms with Gasteiger partial charge in [-0.3, -0.25) is 23.9 Å². The summed E-state index contributed by atoms with van der Waals surface area (Å²) in [4.78, 5) is 68.2. The molecule has 12 nitrogen and oxygen atoms in total. The first kappa shape index (κ1) is 36.2. The zero-order valence-corrected chi connectivity index (χ0v) is 30.0. The molecule has 278 valence electrons. The molecule has 4 aromatic rings. The van der Waals surface area contributed by atoms with Crippen LogP contribution in [-0.4, -0.2) is 71.8 Å². The molecule has 2 aliphatic heterocycles. The number of carbonyl (C=O) groups excluding carboxylic acids is 4. The van der Waals surface area contributed by atoms with Crippen LogP contribution in [0.2, 0.25) is 0 Å². The second-order valence-electron chi connectivity index (χ2n) is 14.9. The number of nitrogens with zero attached hydrogens (tertiary/aromatic N) is 6. The minimum Gasteiger partial charge on any atom is -0.355 e. The number of hydrogen-bond donors (Lipinski definition) is 2. The number of halogens is 3. The van der Waals surface area contributed by atoms with Crippen molar-refractivity contribution in [3.63, 3.8) is 0 Å². The molecule has 15 heteroatoms. The average molecular weight is 731 g/mol. The molecular weight excluding hydrogens is 689 g/mol. The molecule has 7 rings (SSSR count). The van der Waals surface area contributed by atoms with Gasteiger partial charge < -0.3 is 15.5 Å². The number of pyridine rings is 1. The molecule has 2 N–H and O–H groups in total. The fourth-order valence-electron chi connectivity index (χ4n) is 7.90. The number of aromatic nitrogens is 5. The van der Waals surface area contributed by atoms with E-state index in [4.69, 9.17) is 0 Å². The van der Waals surface area contributed by atoms with Gasteiger partial charge in [0, 0.05) is 54.7 Å². The second kappa shape index (κ2) is 13.6. The lowest BCUT2D eigenvalue weighted by atomic mass is 9.86. The van der Waals surface area contributed by atoms with Crippen LogP contribution in [-0.2, 0) is 33.5 Å². The quantitative estimate of drug-likeness (QED) is 0.260. The third-order valence-electron chi connectivity index (χ3n) is 11.3. The molecule has 0 radical (unpaired) electrons. The molecule has 1 saturated carbocycles. The highest BCUT2D eigenvalue weighted by atomic mass is 19.4. The summed E-state index contributed by atoms with van der Waals surface area (Å²) in [5.41, 5.74) is 1.54. The molecule has 5 atom stereocenters. The summed E-state index contributed by atoms with van der Waals surface area (Å²) in [5.74, 6) is -0.703. The van der Waals surface area contributed by atoms with Crippen LogP contribution >= 0.6 is 0 Å². The molecule has 2 unspecified atom stereocenters. The van der Waals surface area contributed by atoms with Gasteiger partial charge in [0.25, 0.3) is 0 Å². The van der Waals surface area contributed by atoms with Crippen LogP contribution in [0.3, 0.4) is 0 Å². The Labute approximate surface area is 304 Å². The number of hydrogen-bond acceptors (Lipinski definition) is 8. The minimum absolute atomic E-state index is 0.112. The number of aryl methyl sites for hydroxylation is 2. The lowest BCUT2D eigenvalue weighted by molar-refractivity contribution is -0.141. The van der Waals surface area contributed by atoms with Crippen molar-refractivity contribution in [2.24, 2.45) is 17.3 Å². The predicted molar refractivity (Wildman–Crippen MR) is 188 cm³/mol. The van der Waals surface area contributed by atoms with E-state index in [1.807, 2.05) is 12.1 Å². The van der Waals surface area contributed by atoms with Crippen molar-refractivity contribution in [1.29, 1.82) is 0 Å². The Bertz CT molecular complexity index is 2120. The van der Waals surface area contributed by atoms with Crippen LogP contribution in [0.5, 0.6) is 0 Å². The summed E-state index contributed by atoms with van der Waals surface area (Å²) in [6.07, 6.45) is 1.84. The van der Waals surface area contributed by atoms with Gasteiger partial charge in [0.15, 0.2) is 5.78 Å². The molecule has 1 saturated heterocycles. The lowest BCUT2D eigenvalue weighted by Crippen LogP contribution is -2.47. The number of Topliss-reactive ketones (excluding diaryl/α,β-unsaturated/α-hetero) is 1. The van der Waals surface area contributed by atoms with Crippen LogP contribution in [0.25, 0.3) is 22.0 Å². The summed E-state index contributed by atoms with van der Waals surface area (Å²) < 4.78 is 41.7. The standard InChI is InChI=1S/C38H41F3N8O4/c1-20-8-10-24-12-25(26-16-42-23(4)43-17-26)13-27-34(22(3)50)47-48(35(24)27)18-33(52)49-28(36(53)46-31-7-5-6-29(45-31)38(39,40)41)14-37(15-30(37)49)19-44-32(51)11-9-21(20)2/h5-7,12-13,16-17,20-21,28,30H,8-11,14-15,18-19H2,1-4H3,(H,44,51)(H,45,46,53)/t20?,21?,28-,30+,37-/m0/s1. The largest absolute Gasteiger partial charge is 0.433 e. The number of amides is 3. The van der Waals surface area contributed by atoms with Crippen LogP contribution < -0.4 is 10.6 Å². The van der Waals surface area contributed by atoms with Crippen LogP contribution in [0.1, 0.15) is 80.4 Å². The van der Waals surface area contributed by atoms with Crippen LogP contribution in [0.15, 0.2) is 42.7 Å². The summed E-state index contributed by atoms with van der Waals surface area (Å²) in [7, 11) is 0. The molecule has 0 spiro atoms. The van der Waals surface area contributed by atoms with E-state index in [-0.39, 0.29) is 54.5 Å². The summed E-state index contributed by atoms with van der Waals surface area (Å²) >= 11 is 0. The number of nitrogens with one attached hydrogen (secondary N) is 2. The Morgan fingerprint density at radius 3 is 2.42 bits per heavy atom. The van der Waals surface area contributed by atoms with Crippen molar-refractivity contribution < 1.29 is 32.3 Å². The first-order valence-corrected chi connectivity index (χ1v) is 17.9. The molecule has 5 heterocycles. The van der Waals surface area contributed by atoms with E-state index in [0.29, 0.717) is 42.4 Å². The predicted octanol–water partition coefficient (Wildman–Crippen LogP) is 5.53. The third kappa shape index (κ3) is 7.12. The Morgan fingerprint density at radius 2 is 1.72 bits per heavy atom. The lowest BCUT2D eigenvalue weighted by Gasteiger charge is -2.27. The zero-order valence-electron chi connectivity index (χ0n) is 30.0. The van der Waals surface area contributed by atoms with E-state index in [1.165, 1.54) is 17.9 Å². The number of piperidine rings is 1. The molecular formula is C38H41F3N8O4. The molecule has 1 aliphatic carbocycles. The summed E-state index contributed by atoms with van der Waals surface area (Å²) in [6.45, 7) is 7.47. The van der Waals surface area contributed by atoms with Gasteiger partial charge in [-0.05, 0) is 86.3 Å². The van der Waals surface area contributed by atoms with Crippen molar-refractivity contribution in [2.75, 3.05) is 11.9 Å². The van der Waals surface area contributed by atoms with Gasteiger partial charge in [-0.25, -0.2) is 15.0 Å². The molecule has 2 fully saturated rings. The van der Waals surface area contributed by atoms with Gasteiger partial charge in [0.05, 0.1) is 5.52 Å². The number of carbonyl (C=O) groups is 4. The van der Waals surface area contributed by atoms with Gasteiger partial charge in [0.2, 0.25) is 17.7 Å². The Kier molecular flexibility index (Phi) is 9.31. The van der Waals surface area contributed by atoms with Crippen LogP contribution in [0.4, 0.5) is 19.0 Å². The summed E-state index contributed by atoms with van der Waals surface area (Å²) in [6, 6.07) is 5.66. The fourth-order valence-corrected chi connectivity index (χ4v) is 7.90. The van der Waals surface area contributed by atoms with Crippen molar-refractivity contribution in [3.05, 3.63) is 65.5 Å². The summed E-state index contributed by atoms with van der Waals surface area (Å²) in [5, 5.41) is 10.8. The van der Waals surface area contributed by atoms with Gasteiger partial charge in [0.1, 0.15) is 35.6 Å². The van der Waals surface area contributed by atoms with E-state index in [9.17, 15) is 32.3 Å². The maximum Gasteiger partial charge on any atom is 0.433 e. The Hall–Kier alpha value is -5.21. The fraction of sp³-hybridized carbons (Fsp3) is 0.474. The van der Waals surface area contributed by atoms with Crippen molar-refractivity contribution in [1.82, 2.24) is 34.9 Å². The minimum atomic E-state index is -4.71. The number of anilines is 1. The molecule has 3 aliphatic rings. The average Bonchev–Trinajstić information content (AvgIpc) is 3.53.